The van der Waals surface area contributed by atoms with Crippen LogP contribution in [0, 0.1) is 5.92 Å². The molecule has 0 unspecified atom stereocenters. The number of rotatable bonds is 3. The van der Waals surface area contributed by atoms with Gasteiger partial charge in [-0.1, -0.05) is 18.9 Å². The molecule has 3 heteroatoms. The Morgan fingerprint density at radius 3 is 2.67 bits per heavy atom. The Balaban J connectivity index is 1.69. The van der Waals surface area contributed by atoms with Gasteiger partial charge in [-0.15, -0.1) is 0 Å². The molecule has 1 aliphatic carbocycles. The van der Waals surface area contributed by atoms with Crippen molar-refractivity contribution in [1.29, 1.82) is 0 Å². The average molecular weight is 283 g/mol. The Labute approximate surface area is 126 Å². The SMILES string of the molecule is c1cc2cc([C@@H](C3CCCC3)N3CCNCC3)ccc2[nH]1. The summed E-state index contributed by atoms with van der Waals surface area (Å²) in [5.74, 6) is 0.847. The zero-order valence-corrected chi connectivity index (χ0v) is 12.6. The van der Waals surface area contributed by atoms with Gasteiger partial charge in [-0.05, 0) is 47.9 Å². The minimum atomic E-state index is 0.619. The molecule has 2 aliphatic rings. The fourth-order valence-corrected chi connectivity index (χ4v) is 4.27. The zero-order valence-electron chi connectivity index (χ0n) is 12.6. The quantitative estimate of drug-likeness (QED) is 0.905. The number of benzene rings is 1. The minimum Gasteiger partial charge on any atom is -0.361 e. The molecule has 1 saturated heterocycles. The van der Waals surface area contributed by atoms with Gasteiger partial charge in [0.25, 0.3) is 0 Å². The lowest BCUT2D eigenvalue weighted by atomic mass is 9.89. The Morgan fingerprint density at radius 1 is 1.05 bits per heavy atom. The van der Waals surface area contributed by atoms with Crippen LogP contribution < -0.4 is 5.32 Å². The van der Waals surface area contributed by atoms with Crippen molar-refractivity contribution >= 4 is 10.9 Å². The highest BCUT2D eigenvalue weighted by Crippen LogP contribution is 2.40. The predicted molar refractivity (Wildman–Crippen MR) is 87.4 cm³/mol. The Hall–Kier alpha value is -1.32. The van der Waals surface area contributed by atoms with Gasteiger partial charge in [-0.25, -0.2) is 0 Å². The molecule has 2 fully saturated rings. The van der Waals surface area contributed by atoms with Crippen LogP contribution in [0.15, 0.2) is 30.5 Å². The van der Waals surface area contributed by atoms with Crippen molar-refractivity contribution in [3.63, 3.8) is 0 Å². The number of H-pyrrole nitrogens is 1. The van der Waals surface area contributed by atoms with E-state index in [2.05, 4.69) is 39.5 Å². The third-order valence-electron chi connectivity index (χ3n) is 5.31. The Bertz CT molecular complexity index is 591. The number of fused-ring (bicyclic) bond motifs is 1. The second-order valence-corrected chi connectivity index (χ2v) is 6.60. The summed E-state index contributed by atoms with van der Waals surface area (Å²) < 4.78 is 0. The highest BCUT2D eigenvalue weighted by Gasteiger charge is 2.31. The van der Waals surface area contributed by atoms with Gasteiger partial charge >= 0.3 is 0 Å². The molecule has 0 amide bonds. The van der Waals surface area contributed by atoms with Gasteiger partial charge in [-0.2, -0.15) is 0 Å². The molecule has 112 valence electrons. The summed E-state index contributed by atoms with van der Waals surface area (Å²) in [7, 11) is 0. The van der Waals surface area contributed by atoms with E-state index in [-0.39, 0.29) is 0 Å². The summed E-state index contributed by atoms with van der Waals surface area (Å²) in [5, 5.41) is 4.84. The molecular formula is C18H25N3. The topological polar surface area (TPSA) is 31.1 Å². The fourth-order valence-electron chi connectivity index (χ4n) is 4.27. The summed E-state index contributed by atoms with van der Waals surface area (Å²) in [6, 6.07) is 9.84. The molecule has 2 N–H and O–H groups in total. The summed E-state index contributed by atoms with van der Waals surface area (Å²) in [4.78, 5) is 6.03. The van der Waals surface area contributed by atoms with Crippen molar-refractivity contribution < 1.29 is 0 Å². The highest BCUT2D eigenvalue weighted by molar-refractivity contribution is 5.80. The normalized spacial score (nSPS) is 22.9. The number of hydrogen-bond donors (Lipinski definition) is 2. The number of piperazine rings is 1. The number of nitrogens with zero attached hydrogens (tertiary/aromatic N) is 1. The third kappa shape index (κ3) is 2.60. The monoisotopic (exact) mass is 283 g/mol. The lowest BCUT2D eigenvalue weighted by Gasteiger charge is -2.38. The van der Waals surface area contributed by atoms with E-state index in [0.717, 1.165) is 19.0 Å². The average Bonchev–Trinajstić information content (AvgIpc) is 3.19. The molecule has 1 atom stereocenters. The van der Waals surface area contributed by atoms with E-state index < -0.39 is 0 Å². The van der Waals surface area contributed by atoms with Crippen molar-refractivity contribution in [1.82, 2.24) is 15.2 Å². The maximum Gasteiger partial charge on any atom is 0.0454 e. The van der Waals surface area contributed by atoms with E-state index in [0.29, 0.717) is 6.04 Å². The van der Waals surface area contributed by atoms with E-state index in [9.17, 15) is 0 Å². The van der Waals surface area contributed by atoms with Crippen molar-refractivity contribution in [3.05, 3.63) is 36.0 Å². The number of hydrogen-bond acceptors (Lipinski definition) is 2. The molecule has 21 heavy (non-hydrogen) atoms. The molecule has 1 aliphatic heterocycles. The Kier molecular flexibility index (Phi) is 3.70. The first-order valence-electron chi connectivity index (χ1n) is 8.43. The van der Waals surface area contributed by atoms with Gasteiger partial charge in [0.15, 0.2) is 0 Å². The van der Waals surface area contributed by atoms with Gasteiger partial charge in [0.2, 0.25) is 0 Å². The Morgan fingerprint density at radius 2 is 1.86 bits per heavy atom. The summed E-state index contributed by atoms with van der Waals surface area (Å²) in [6.07, 6.45) is 7.68. The van der Waals surface area contributed by atoms with Crippen LogP contribution in [0.4, 0.5) is 0 Å². The minimum absolute atomic E-state index is 0.619. The second kappa shape index (κ2) is 5.82. The first-order chi connectivity index (χ1) is 10.4. The van der Waals surface area contributed by atoms with Crippen LogP contribution in [0.1, 0.15) is 37.3 Å². The molecule has 4 rings (SSSR count). The molecule has 3 nitrogen and oxygen atoms in total. The molecule has 0 spiro atoms. The van der Waals surface area contributed by atoms with Gasteiger partial charge in [0.1, 0.15) is 0 Å². The first-order valence-corrected chi connectivity index (χ1v) is 8.43. The number of nitrogens with one attached hydrogen (secondary N) is 2. The maximum atomic E-state index is 3.49. The van der Waals surface area contributed by atoms with Gasteiger partial charge in [0.05, 0.1) is 0 Å². The number of aromatic amines is 1. The van der Waals surface area contributed by atoms with E-state index in [1.807, 2.05) is 6.20 Å². The lowest BCUT2D eigenvalue weighted by Crippen LogP contribution is -2.46. The summed E-state index contributed by atoms with van der Waals surface area (Å²) in [5.41, 5.74) is 2.78. The second-order valence-electron chi connectivity index (χ2n) is 6.60. The zero-order chi connectivity index (χ0) is 14.1. The predicted octanol–water partition coefficient (Wildman–Crippen LogP) is 3.30. The third-order valence-corrected chi connectivity index (χ3v) is 5.31. The summed E-state index contributed by atoms with van der Waals surface area (Å²) in [6.45, 7) is 4.64. The fraction of sp³-hybridized carbons (Fsp3) is 0.556. The van der Waals surface area contributed by atoms with Crippen molar-refractivity contribution in [2.75, 3.05) is 26.2 Å². The van der Waals surface area contributed by atoms with E-state index in [1.165, 1.54) is 55.2 Å². The van der Waals surface area contributed by atoms with Crippen LogP contribution >= 0.6 is 0 Å². The van der Waals surface area contributed by atoms with Crippen LogP contribution in [0.2, 0.25) is 0 Å². The maximum absolute atomic E-state index is 3.49. The lowest BCUT2D eigenvalue weighted by molar-refractivity contribution is 0.125. The van der Waals surface area contributed by atoms with E-state index in [1.54, 1.807) is 0 Å². The van der Waals surface area contributed by atoms with Gasteiger partial charge in [-0.3, -0.25) is 4.90 Å². The van der Waals surface area contributed by atoms with Gasteiger partial charge < -0.3 is 10.3 Å². The van der Waals surface area contributed by atoms with Crippen molar-refractivity contribution in [3.8, 4) is 0 Å². The first kappa shape index (κ1) is 13.4. The van der Waals surface area contributed by atoms with Gasteiger partial charge in [0, 0.05) is 43.9 Å². The van der Waals surface area contributed by atoms with Crippen LogP contribution in [0.5, 0.6) is 0 Å². The highest BCUT2D eigenvalue weighted by atomic mass is 15.2. The summed E-state index contributed by atoms with van der Waals surface area (Å²) >= 11 is 0. The molecule has 0 radical (unpaired) electrons. The van der Waals surface area contributed by atoms with Crippen LogP contribution in [0.3, 0.4) is 0 Å². The molecular weight excluding hydrogens is 258 g/mol. The van der Waals surface area contributed by atoms with Crippen LogP contribution in [0.25, 0.3) is 10.9 Å². The van der Waals surface area contributed by atoms with Crippen molar-refractivity contribution in [2.45, 2.75) is 31.7 Å². The molecule has 1 aromatic heterocycles. The van der Waals surface area contributed by atoms with Crippen LogP contribution in [-0.4, -0.2) is 36.1 Å². The van der Waals surface area contributed by atoms with Crippen molar-refractivity contribution in [2.24, 2.45) is 5.92 Å². The number of aromatic nitrogens is 1. The molecule has 2 aromatic rings. The molecule has 1 saturated carbocycles. The molecule has 1 aromatic carbocycles. The standard InChI is InChI=1S/C18H25N3/c1-2-4-14(3-1)18(21-11-9-19-10-12-21)16-5-6-17-15(13-16)7-8-20-17/h5-8,13-14,18-20H,1-4,9-12H2/t18-/m1/s1. The molecule has 0 bridgehead atoms. The van der Waals surface area contributed by atoms with E-state index in [4.69, 9.17) is 0 Å². The van der Waals surface area contributed by atoms with E-state index >= 15 is 0 Å². The van der Waals surface area contributed by atoms with Crippen LogP contribution in [-0.2, 0) is 0 Å². The molecule has 2 heterocycles. The smallest absolute Gasteiger partial charge is 0.0454 e. The largest absolute Gasteiger partial charge is 0.361 e.